The van der Waals surface area contributed by atoms with Gasteiger partial charge in [0.05, 0.1) is 5.69 Å². The molecular weight excluding hydrogens is 498 g/mol. The Kier molecular flexibility index (Phi) is 8.25. The Morgan fingerprint density at radius 2 is 1.48 bits per heavy atom. The van der Waals surface area contributed by atoms with E-state index in [1.165, 1.54) is 0 Å². The molecule has 0 spiro atoms. The number of carbonyl (C=O) groups is 3. The number of hydrogen-bond acceptors (Lipinski definition) is 3. The first kappa shape index (κ1) is 27.1. The molecule has 0 saturated heterocycles. The number of carbonyl (C=O) groups excluding carboxylic acids is 3. The van der Waals surface area contributed by atoms with Crippen molar-refractivity contribution in [2.45, 2.75) is 51.7 Å². The molecule has 0 unspecified atom stereocenters. The molecule has 1 aliphatic heterocycles. The van der Waals surface area contributed by atoms with Crippen LogP contribution in [0.1, 0.15) is 48.2 Å². The number of nitrogens with zero attached hydrogens (tertiary/aromatic N) is 2. The van der Waals surface area contributed by atoms with E-state index in [-0.39, 0.29) is 30.2 Å². The van der Waals surface area contributed by atoms with Crippen LogP contribution in [0.15, 0.2) is 97.1 Å². The van der Waals surface area contributed by atoms with Gasteiger partial charge in [-0.1, -0.05) is 84.9 Å². The summed E-state index contributed by atoms with van der Waals surface area (Å²) in [5.41, 5.74) is 3.55. The SMILES string of the molecule is CC(C)NC(=O)[C@H](Cc1ccccc1)N(Cc1ccccc1)C(=O)CCCN1C(=O)c2cccc3cccc1c23. The van der Waals surface area contributed by atoms with E-state index in [1.807, 2.05) is 111 Å². The number of hydrogen-bond donors (Lipinski definition) is 1. The predicted octanol–water partition coefficient (Wildman–Crippen LogP) is 5.74. The van der Waals surface area contributed by atoms with Crippen LogP contribution >= 0.6 is 0 Å². The molecule has 0 fully saturated rings. The van der Waals surface area contributed by atoms with Gasteiger partial charge in [0.15, 0.2) is 0 Å². The van der Waals surface area contributed by atoms with Gasteiger partial charge in [-0.2, -0.15) is 0 Å². The molecule has 1 aliphatic rings. The Bertz CT molecular complexity index is 1500. The number of amides is 3. The molecule has 0 aliphatic carbocycles. The van der Waals surface area contributed by atoms with E-state index in [0.29, 0.717) is 31.5 Å². The predicted molar refractivity (Wildman–Crippen MR) is 159 cm³/mol. The number of benzene rings is 4. The summed E-state index contributed by atoms with van der Waals surface area (Å²) < 4.78 is 0. The summed E-state index contributed by atoms with van der Waals surface area (Å²) in [6, 6.07) is 30.6. The maximum Gasteiger partial charge on any atom is 0.258 e. The van der Waals surface area contributed by atoms with Crippen molar-refractivity contribution in [3.05, 3.63) is 114 Å². The van der Waals surface area contributed by atoms with Gasteiger partial charge in [-0.15, -0.1) is 0 Å². The van der Waals surface area contributed by atoms with Crippen LogP contribution in [0.2, 0.25) is 0 Å². The van der Waals surface area contributed by atoms with Crippen LogP contribution in [-0.2, 0) is 22.6 Å². The average molecular weight is 534 g/mol. The van der Waals surface area contributed by atoms with Crippen molar-refractivity contribution >= 4 is 34.2 Å². The maximum atomic E-state index is 13.9. The highest BCUT2D eigenvalue weighted by Gasteiger charge is 2.32. The zero-order valence-corrected chi connectivity index (χ0v) is 23.0. The molecule has 1 atom stereocenters. The van der Waals surface area contributed by atoms with E-state index in [1.54, 1.807) is 9.80 Å². The van der Waals surface area contributed by atoms with Gasteiger partial charge < -0.3 is 15.1 Å². The summed E-state index contributed by atoms with van der Waals surface area (Å²) >= 11 is 0. The largest absolute Gasteiger partial charge is 0.352 e. The van der Waals surface area contributed by atoms with Gasteiger partial charge >= 0.3 is 0 Å². The van der Waals surface area contributed by atoms with Gasteiger partial charge in [-0.25, -0.2) is 0 Å². The van der Waals surface area contributed by atoms with Crippen LogP contribution in [0.4, 0.5) is 5.69 Å². The fourth-order valence-corrected chi connectivity index (χ4v) is 5.45. The third-order valence-corrected chi connectivity index (χ3v) is 7.32. The normalized spacial score (nSPS) is 13.1. The lowest BCUT2D eigenvalue weighted by Crippen LogP contribution is -2.51. The minimum atomic E-state index is -0.663. The molecule has 6 heteroatoms. The van der Waals surface area contributed by atoms with Crippen LogP contribution < -0.4 is 10.2 Å². The first-order valence-electron chi connectivity index (χ1n) is 13.9. The van der Waals surface area contributed by atoms with Crippen molar-refractivity contribution in [2.75, 3.05) is 11.4 Å². The van der Waals surface area contributed by atoms with Crippen LogP contribution in [0.5, 0.6) is 0 Å². The van der Waals surface area contributed by atoms with E-state index in [9.17, 15) is 14.4 Å². The topological polar surface area (TPSA) is 69.7 Å². The van der Waals surface area contributed by atoms with E-state index in [0.717, 1.165) is 27.6 Å². The minimum absolute atomic E-state index is 0.0290. The fraction of sp³-hybridized carbons (Fsp3) is 0.265. The highest BCUT2D eigenvalue weighted by Crippen LogP contribution is 2.37. The van der Waals surface area contributed by atoms with Crippen molar-refractivity contribution in [3.8, 4) is 0 Å². The van der Waals surface area contributed by atoms with E-state index in [4.69, 9.17) is 0 Å². The number of rotatable bonds is 11. The third-order valence-electron chi connectivity index (χ3n) is 7.32. The summed E-state index contributed by atoms with van der Waals surface area (Å²) in [6.07, 6.45) is 1.13. The van der Waals surface area contributed by atoms with E-state index >= 15 is 0 Å². The van der Waals surface area contributed by atoms with Crippen molar-refractivity contribution in [1.29, 1.82) is 0 Å². The second-order valence-electron chi connectivity index (χ2n) is 10.6. The molecule has 6 nitrogen and oxygen atoms in total. The third kappa shape index (κ3) is 5.91. The van der Waals surface area contributed by atoms with Crippen molar-refractivity contribution in [2.24, 2.45) is 0 Å². The zero-order valence-electron chi connectivity index (χ0n) is 23.0. The van der Waals surface area contributed by atoms with Crippen LogP contribution in [-0.4, -0.2) is 41.2 Å². The summed E-state index contributed by atoms with van der Waals surface area (Å²) in [5.74, 6) is -0.301. The molecule has 4 aromatic rings. The monoisotopic (exact) mass is 533 g/mol. The first-order valence-corrected chi connectivity index (χ1v) is 13.9. The molecule has 40 heavy (non-hydrogen) atoms. The molecule has 1 N–H and O–H groups in total. The zero-order chi connectivity index (χ0) is 28.1. The second-order valence-corrected chi connectivity index (χ2v) is 10.6. The highest BCUT2D eigenvalue weighted by molar-refractivity contribution is 6.25. The maximum absolute atomic E-state index is 13.9. The van der Waals surface area contributed by atoms with Gasteiger partial charge in [0.1, 0.15) is 6.04 Å². The summed E-state index contributed by atoms with van der Waals surface area (Å²) in [4.78, 5) is 44.1. The Hall–Kier alpha value is -4.45. The van der Waals surface area contributed by atoms with Crippen LogP contribution in [0.3, 0.4) is 0 Å². The van der Waals surface area contributed by atoms with Gasteiger partial charge in [-0.05, 0) is 48.9 Å². The lowest BCUT2D eigenvalue weighted by atomic mass is 10.0. The average Bonchev–Trinajstić information content (AvgIpc) is 3.23. The molecular formula is C34H35N3O3. The van der Waals surface area contributed by atoms with Gasteiger partial charge in [0.25, 0.3) is 5.91 Å². The molecule has 0 radical (unpaired) electrons. The first-order chi connectivity index (χ1) is 19.4. The van der Waals surface area contributed by atoms with Gasteiger partial charge in [-0.3, -0.25) is 14.4 Å². The molecule has 1 heterocycles. The highest BCUT2D eigenvalue weighted by atomic mass is 16.2. The van der Waals surface area contributed by atoms with Crippen molar-refractivity contribution in [3.63, 3.8) is 0 Å². The summed E-state index contributed by atoms with van der Waals surface area (Å²) in [6.45, 7) is 4.61. The summed E-state index contributed by atoms with van der Waals surface area (Å²) in [7, 11) is 0. The lowest BCUT2D eigenvalue weighted by Gasteiger charge is -2.32. The van der Waals surface area contributed by atoms with Crippen molar-refractivity contribution in [1.82, 2.24) is 10.2 Å². The number of anilines is 1. The lowest BCUT2D eigenvalue weighted by molar-refractivity contribution is -0.141. The van der Waals surface area contributed by atoms with E-state index < -0.39 is 6.04 Å². The van der Waals surface area contributed by atoms with Crippen molar-refractivity contribution < 1.29 is 14.4 Å². The molecule has 0 bridgehead atoms. The van der Waals surface area contributed by atoms with Gasteiger partial charge in [0, 0.05) is 42.9 Å². The Labute approximate surface area is 235 Å². The van der Waals surface area contributed by atoms with Crippen LogP contribution in [0, 0.1) is 0 Å². The molecule has 5 rings (SSSR count). The number of nitrogens with one attached hydrogen (secondary N) is 1. The standard InChI is InChI=1S/C34H35N3O3/c1-24(2)35-33(39)30(22-25-12-5-3-6-13-25)37(23-26-14-7-4-8-15-26)31(38)20-11-21-36-29-19-10-17-27-16-9-18-28(32(27)29)34(36)40/h3-10,12-19,24,30H,11,20-23H2,1-2H3,(H,35,39)/t30-/m0/s1. The quantitative estimate of drug-likeness (QED) is 0.267. The molecule has 0 aromatic heterocycles. The second kappa shape index (κ2) is 12.2. The Balaban J connectivity index is 1.36. The van der Waals surface area contributed by atoms with Gasteiger partial charge in [0.2, 0.25) is 11.8 Å². The minimum Gasteiger partial charge on any atom is -0.352 e. The molecule has 3 amide bonds. The fourth-order valence-electron chi connectivity index (χ4n) is 5.45. The summed E-state index contributed by atoms with van der Waals surface area (Å²) in [5, 5.41) is 5.04. The molecule has 0 saturated carbocycles. The smallest absolute Gasteiger partial charge is 0.258 e. The Morgan fingerprint density at radius 3 is 2.15 bits per heavy atom. The van der Waals surface area contributed by atoms with E-state index in [2.05, 4.69) is 5.32 Å². The van der Waals surface area contributed by atoms with Crippen LogP contribution in [0.25, 0.3) is 10.8 Å². The Morgan fingerprint density at radius 1 is 0.825 bits per heavy atom. The molecule has 204 valence electrons. The molecule has 4 aromatic carbocycles.